The molecule has 3 rings (SSSR count). The average molecular weight is 284 g/mol. The Bertz CT molecular complexity index is 683. The van der Waals surface area contributed by atoms with Gasteiger partial charge in [0.1, 0.15) is 0 Å². The zero-order valence-electron chi connectivity index (χ0n) is 10.4. The third-order valence-electron chi connectivity index (χ3n) is 3.14. The second-order valence-corrected chi connectivity index (χ2v) is 4.31. The summed E-state index contributed by atoms with van der Waals surface area (Å²) in [7, 11) is 0. The molecule has 0 fully saturated rings. The topological polar surface area (TPSA) is 0 Å². The van der Waals surface area contributed by atoms with Gasteiger partial charge in [-0.25, -0.2) is 0 Å². The summed E-state index contributed by atoms with van der Waals surface area (Å²) in [4.78, 5) is 0. The fraction of sp³-hybridized carbons (Fsp3) is 0. The number of hydrogen-bond donors (Lipinski definition) is 0. The summed E-state index contributed by atoms with van der Waals surface area (Å²) in [6, 6.07) is 15.1. The van der Waals surface area contributed by atoms with Crippen molar-refractivity contribution < 1.29 is 64.3 Å². The van der Waals surface area contributed by atoms with Gasteiger partial charge < -0.3 is 12.9 Å². The van der Waals surface area contributed by atoms with Crippen LogP contribution in [0.5, 0.6) is 0 Å². The predicted molar refractivity (Wildman–Crippen MR) is 70.2 cm³/mol. The van der Waals surface area contributed by atoms with Crippen molar-refractivity contribution in [1.29, 1.82) is 0 Å². The first-order valence-corrected chi connectivity index (χ1v) is 5.68. The minimum atomic E-state index is -5.03. The van der Waals surface area contributed by atoms with Crippen molar-refractivity contribution in [3.63, 3.8) is 0 Å². The molecule has 3 aromatic rings. The van der Waals surface area contributed by atoms with Gasteiger partial charge in [0.15, 0.2) is 0 Å². The summed E-state index contributed by atoms with van der Waals surface area (Å²) >= 11 is 0. The Morgan fingerprint density at radius 3 is 1.53 bits per heavy atom. The Balaban J connectivity index is 0.00000133. The van der Waals surface area contributed by atoms with E-state index in [1.807, 2.05) is 0 Å². The van der Waals surface area contributed by atoms with E-state index in [-0.39, 0.29) is 62.2 Å². The molecular weight excluding hydrogens is 275 g/mol. The molecule has 0 aliphatic heterocycles. The molecule has 0 heterocycles. The first kappa shape index (κ1) is 15.1. The van der Waals surface area contributed by atoms with Crippen molar-refractivity contribution in [2.45, 2.75) is 0 Å². The largest absolute Gasteiger partial charge is 1.00 e. The smallest absolute Gasteiger partial charge is 0.445 e. The number of fused-ring (bicyclic) bond motifs is 2. The molecule has 0 aromatic heterocycles. The molecule has 0 bridgehead atoms. The molecule has 3 aromatic carbocycles. The first-order valence-electron chi connectivity index (χ1n) is 5.68. The van der Waals surface area contributed by atoms with Crippen molar-refractivity contribution in [3.05, 3.63) is 54.6 Å². The van der Waals surface area contributed by atoms with E-state index in [1.54, 1.807) is 42.5 Å². The molecule has 90 valence electrons. The van der Waals surface area contributed by atoms with Crippen LogP contribution in [0.3, 0.4) is 0 Å². The van der Waals surface area contributed by atoms with E-state index in [0.717, 1.165) is 0 Å². The number of rotatable bonds is 1. The van der Waals surface area contributed by atoms with Crippen LogP contribution in [0.4, 0.5) is 12.9 Å². The van der Waals surface area contributed by atoms with E-state index in [4.69, 9.17) is 0 Å². The maximum absolute atomic E-state index is 13.3. The molecule has 0 aliphatic carbocycles. The maximum atomic E-state index is 13.3. The van der Waals surface area contributed by atoms with Crippen LogP contribution < -0.4 is 56.8 Å². The summed E-state index contributed by atoms with van der Waals surface area (Å²) < 4.78 is 39.9. The van der Waals surface area contributed by atoms with Crippen molar-refractivity contribution >= 4 is 34.0 Å². The van der Waals surface area contributed by atoms with Gasteiger partial charge in [0.2, 0.25) is 0 Å². The van der Waals surface area contributed by atoms with Crippen molar-refractivity contribution in [1.82, 2.24) is 0 Å². The molecule has 0 unspecified atom stereocenters. The van der Waals surface area contributed by atoms with Gasteiger partial charge in [-0.2, -0.15) is 0 Å². The molecule has 0 atom stereocenters. The van der Waals surface area contributed by atoms with Gasteiger partial charge in [0, 0.05) is 0 Å². The van der Waals surface area contributed by atoms with E-state index in [0.29, 0.717) is 10.8 Å². The second-order valence-electron chi connectivity index (χ2n) is 4.31. The molecule has 19 heavy (non-hydrogen) atoms. The Hall–Kier alpha value is -0.329. The fourth-order valence-corrected chi connectivity index (χ4v) is 2.40. The van der Waals surface area contributed by atoms with Crippen LogP contribution in [0.25, 0.3) is 21.5 Å². The van der Waals surface area contributed by atoms with Crippen LogP contribution in [-0.2, 0) is 0 Å². The van der Waals surface area contributed by atoms with Crippen LogP contribution in [0, 0.1) is 0 Å². The zero-order chi connectivity index (χ0) is 12.8. The molecule has 0 radical (unpaired) electrons. The van der Waals surface area contributed by atoms with Crippen molar-refractivity contribution in [3.8, 4) is 0 Å². The number of benzene rings is 3. The number of hydrogen-bond acceptors (Lipinski definition) is 0. The van der Waals surface area contributed by atoms with E-state index < -0.39 is 12.4 Å². The van der Waals surface area contributed by atoms with Crippen LogP contribution in [0.2, 0.25) is 0 Å². The minimum Gasteiger partial charge on any atom is -0.445 e. The summed E-state index contributed by atoms with van der Waals surface area (Å²) in [6.45, 7) is -5.03. The monoisotopic (exact) mass is 284 g/mol. The third kappa shape index (κ3) is 2.76. The summed E-state index contributed by atoms with van der Waals surface area (Å²) in [5.74, 6) is 0. The molecule has 0 aliphatic rings. The Labute approximate surface area is 151 Å². The molecule has 0 saturated heterocycles. The van der Waals surface area contributed by atoms with Crippen molar-refractivity contribution in [2.75, 3.05) is 0 Å². The van der Waals surface area contributed by atoms with Gasteiger partial charge in [0.25, 0.3) is 0 Å². The fourth-order valence-electron chi connectivity index (χ4n) is 2.40. The second kappa shape index (κ2) is 5.58. The molecule has 0 saturated carbocycles. The van der Waals surface area contributed by atoms with E-state index >= 15 is 0 Å². The molecule has 0 spiro atoms. The van der Waals surface area contributed by atoms with Gasteiger partial charge >= 0.3 is 58.4 Å². The van der Waals surface area contributed by atoms with Gasteiger partial charge in [0.05, 0.1) is 0 Å². The number of halogens is 3. The van der Waals surface area contributed by atoms with Gasteiger partial charge in [-0.05, 0) is 27.6 Å². The predicted octanol–water partition coefficient (Wildman–Crippen LogP) is 1.05. The quantitative estimate of drug-likeness (QED) is 0.463. The van der Waals surface area contributed by atoms with Crippen LogP contribution in [-0.4, -0.2) is 6.98 Å². The Kier molecular flexibility index (Phi) is 4.42. The third-order valence-corrected chi connectivity index (χ3v) is 3.14. The standard InChI is InChI=1S/C14H9BF3.K/c16-15(17,18)14-12-7-3-1-5-10(12)9-11-6-2-4-8-13(11)14;/h1-9H;/q-1;+1. The maximum Gasteiger partial charge on any atom is 1.00 e. The van der Waals surface area contributed by atoms with Gasteiger partial charge in [-0.1, -0.05) is 54.0 Å². The zero-order valence-corrected chi connectivity index (χ0v) is 13.5. The molecule has 0 nitrogen and oxygen atoms in total. The van der Waals surface area contributed by atoms with Crippen LogP contribution in [0.1, 0.15) is 0 Å². The van der Waals surface area contributed by atoms with Crippen LogP contribution in [0.15, 0.2) is 54.6 Å². The summed E-state index contributed by atoms with van der Waals surface area (Å²) in [5.41, 5.74) is -0.483. The Morgan fingerprint density at radius 1 is 0.684 bits per heavy atom. The average Bonchev–Trinajstić information content (AvgIpc) is 2.34. The molecule has 0 N–H and O–H groups in total. The molecule has 5 heteroatoms. The normalized spacial score (nSPS) is 11.5. The Morgan fingerprint density at radius 2 is 1.11 bits per heavy atom. The van der Waals surface area contributed by atoms with E-state index in [2.05, 4.69) is 0 Å². The van der Waals surface area contributed by atoms with E-state index in [9.17, 15) is 12.9 Å². The minimum absolute atomic E-state index is 0. The van der Waals surface area contributed by atoms with Gasteiger partial charge in [-0.3, -0.25) is 0 Å². The van der Waals surface area contributed by atoms with Crippen molar-refractivity contribution in [2.24, 2.45) is 0 Å². The van der Waals surface area contributed by atoms with Gasteiger partial charge in [-0.15, -0.1) is 0 Å². The summed E-state index contributed by atoms with van der Waals surface area (Å²) in [6.07, 6.45) is 0. The summed E-state index contributed by atoms with van der Waals surface area (Å²) in [5, 5.41) is 1.82. The van der Waals surface area contributed by atoms with Crippen LogP contribution >= 0.6 is 0 Å². The first-order chi connectivity index (χ1) is 8.57. The molecular formula is C14H9BF3K. The molecule has 0 amide bonds. The van der Waals surface area contributed by atoms with E-state index in [1.165, 1.54) is 12.1 Å². The SMILES string of the molecule is F[B-](F)(F)c1c2ccccc2cc2ccccc12.[K+].